The van der Waals surface area contributed by atoms with Crippen molar-refractivity contribution in [3.63, 3.8) is 0 Å². The average molecular weight is 278 g/mol. The van der Waals surface area contributed by atoms with E-state index in [9.17, 15) is 9.18 Å². The first-order valence-electron chi connectivity index (χ1n) is 6.61. The van der Waals surface area contributed by atoms with E-state index in [1.165, 1.54) is 12.1 Å². The zero-order valence-electron chi connectivity index (χ0n) is 11.5. The fraction of sp³-hybridized carbons (Fsp3) is 0.400. The van der Waals surface area contributed by atoms with Crippen LogP contribution in [0.5, 0.6) is 0 Å². The Kier molecular flexibility index (Phi) is 7.15. The number of benzene rings is 1. The van der Waals surface area contributed by atoms with Crippen LogP contribution in [0.15, 0.2) is 18.2 Å². The van der Waals surface area contributed by atoms with Gasteiger partial charge in [-0.15, -0.1) is 0 Å². The molecule has 0 bridgehead atoms. The summed E-state index contributed by atoms with van der Waals surface area (Å²) < 4.78 is 13.7. The molecule has 2 amide bonds. The van der Waals surface area contributed by atoms with E-state index in [0.29, 0.717) is 18.7 Å². The minimum atomic E-state index is -0.498. The lowest BCUT2D eigenvalue weighted by Crippen LogP contribution is -2.29. The number of hydrogen-bond donors (Lipinski definition) is 3. The van der Waals surface area contributed by atoms with Crippen molar-refractivity contribution in [3.8, 4) is 11.8 Å². The van der Waals surface area contributed by atoms with Gasteiger partial charge >= 0.3 is 6.03 Å². The Labute approximate surface area is 118 Å². The highest BCUT2D eigenvalue weighted by Gasteiger charge is 2.04. The third-order valence-electron chi connectivity index (χ3n) is 2.50. The molecule has 0 unspecified atom stereocenters. The monoisotopic (exact) mass is 278 g/mol. The number of urea groups is 1. The van der Waals surface area contributed by atoms with E-state index in [-0.39, 0.29) is 18.2 Å². The number of hydrogen-bond acceptors (Lipinski definition) is 2. The van der Waals surface area contributed by atoms with E-state index >= 15 is 0 Å². The number of nitrogens with one attached hydrogen (secondary N) is 2. The van der Waals surface area contributed by atoms with Crippen LogP contribution in [0.3, 0.4) is 0 Å². The molecule has 4 nitrogen and oxygen atoms in total. The Hall–Kier alpha value is -2.06. The van der Waals surface area contributed by atoms with Gasteiger partial charge in [0.15, 0.2) is 0 Å². The van der Waals surface area contributed by atoms with Crippen molar-refractivity contribution in [1.82, 2.24) is 5.32 Å². The lowest BCUT2D eigenvalue weighted by molar-refractivity contribution is 0.252. The van der Waals surface area contributed by atoms with Gasteiger partial charge in [-0.05, 0) is 24.6 Å². The molecule has 1 rings (SSSR count). The second kappa shape index (κ2) is 8.94. The van der Waals surface area contributed by atoms with Crippen molar-refractivity contribution in [2.75, 3.05) is 18.5 Å². The Bertz CT molecular complexity index is 506. The molecule has 0 spiro atoms. The molecule has 0 heterocycles. The summed E-state index contributed by atoms with van der Waals surface area (Å²) in [4.78, 5) is 11.5. The molecule has 20 heavy (non-hydrogen) atoms. The molecule has 0 atom stereocenters. The van der Waals surface area contributed by atoms with Crippen LogP contribution < -0.4 is 10.6 Å². The molecule has 0 fully saturated rings. The predicted octanol–water partition coefficient (Wildman–Crippen LogP) is 2.48. The van der Waals surface area contributed by atoms with Crippen molar-refractivity contribution in [3.05, 3.63) is 29.6 Å². The Morgan fingerprint density at radius 1 is 1.45 bits per heavy atom. The molecular formula is C15H19FN2O2. The first-order chi connectivity index (χ1) is 9.67. The number of carbonyl (C=O) groups excluding carboxylic acids is 1. The first kappa shape index (κ1) is 16.0. The number of amides is 2. The van der Waals surface area contributed by atoms with Gasteiger partial charge in [-0.2, -0.15) is 0 Å². The smallest absolute Gasteiger partial charge is 0.319 e. The number of halogens is 1. The molecule has 3 N–H and O–H groups in total. The Morgan fingerprint density at radius 3 is 2.90 bits per heavy atom. The van der Waals surface area contributed by atoms with Gasteiger partial charge in [0.1, 0.15) is 5.82 Å². The summed E-state index contributed by atoms with van der Waals surface area (Å²) in [5, 5.41) is 13.8. The highest BCUT2D eigenvalue weighted by molar-refractivity contribution is 5.89. The van der Waals surface area contributed by atoms with E-state index in [0.717, 1.165) is 12.8 Å². The SMILES string of the molecule is CCCCNC(=O)Nc1ccc(C#CCCO)c(F)c1. The quantitative estimate of drug-likeness (QED) is 0.572. The molecule has 0 saturated heterocycles. The van der Waals surface area contributed by atoms with Gasteiger partial charge in [0.2, 0.25) is 0 Å². The van der Waals surface area contributed by atoms with Gasteiger partial charge in [-0.1, -0.05) is 25.2 Å². The van der Waals surface area contributed by atoms with E-state index in [4.69, 9.17) is 5.11 Å². The average Bonchev–Trinajstić information content (AvgIpc) is 2.42. The van der Waals surface area contributed by atoms with Gasteiger partial charge in [0.05, 0.1) is 12.2 Å². The molecule has 1 aromatic rings. The molecule has 0 saturated carbocycles. The lowest BCUT2D eigenvalue weighted by Gasteiger charge is -2.07. The van der Waals surface area contributed by atoms with E-state index < -0.39 is 5.82 Å². The van der Waals surface area contributed by atoms with Crippen LogP contribution in [0.4, 0.5) is 14.9 Å². The largest absolute Gasteiger partial charge is 0.395 e. The number of anilines is 1. The van der Waals surface area contributed by atoms with E-state index in [1.807, 2.05) is 6.92 Å². The second-order valence-electron chi connectivity index (χ2n) is 4.20. The molecule has 108 valence electrons. The molecule has 1 aromatic carbocycles. The summed E-state index contributed by atoms with van der Waals surface area (Å²) in [7, 11) is 0. The summed E-state index contributed by atoms with van der Waals surface area (Å²) in [6.07, 6.45) is 2.20. The van der Waals surface area contributed by atoms with Gasteiger partial charge in [0, 0.05) is 18.7 Å². The number of carbonyl (C=O) groups is 1. The van der Waals surface area contributed by atoms with Gasteiger partial charge in [-0.25, -0.2) is 9.18 Å². The zero-order chi connectivity index (χ0) is 14.8. The minimum absolute atomic E-state index is 0.0494. The van der Waals surface area contributed by atoms with Crippen molar-refractivity contribution in [2.24, 2.45) is 0 Å². The Morgan fingerprint density at radius 2 is 2.25 bits per heavy atom. The molecular weight excluding hydrogens is 259 g/mol. The summed E-state index contributed by atoms with van der Waals surface area (Å²) >= 11 is 0. The van der Waals surface area contributed by atoms with Crippen LogP contribution >= 0.6 is 0 Å². The van der Waals surface area contributed by atoms with Gasteiger partial charge < -0.3 is 15.7 Å². The standard InChI is InChI=1S/C15H19FN2O2/c1-2-3-9-17-15(20)18-13-8-7-12(14(16)11-13)6-4-5-10-19/h7-8,11,19H,2-3,5,9-10H2,1H3,(H2,17,18,20). The van der Waals surface area contributed by atoms with E-state index in [2.05, 4.69) is 22.5 Å². The van der Waals surface area contributed by atoms with Gasteiger partial charge in [-0.3, -0.25) is 0 Å². The van der Waals surface area contributed by atoms with Crippen LogP contribution in [-0.2, 0) is 0 Å². The van der Waals surface area contributed by atoms with Crippen molar-refractivity contribution >= 4 is 11.7 Å². The molecule has 5 heteroatoms. The van der Waals surface area contributed by atoms with Crippen molar-refractivity contribution in [1.29, 1.82) is 0 Å². The summed E-state index contributed by atoms with van der Waals surface area (Å²) in [6, 6.07) is 3.96. The van der Waals surface area contributed by atoms with Gasteiger partial charge in [0.25, 0.3) is 0 Å². The maximum atomic E-state index is 13.7. The number of aliphatic hydroxyl groups is 1. The highest BCUT2D eigenvalue weighted by atomic mass is 19.1. The molecule has 0 radical (unpaired) electrons. The van der Waals surface area contributed by atoms with Crippen LogP contribution in [-0.4, -0.2) is 24.3 Å². The van der Waals surface area contributed by atoms with Crippen LogP contribution in [0, 0.1) is 17.7 Å². The first-order valence-corrected chi connectivity index (χ1v) is 6.61. The fourth-order valence-electron chi connectivity index (χ4n) is 1.46. The third kappa shape index (κ3) is 5.72. The fourth-order valence-corrected chi connectivity index (χ4v) is 1.46. The van der Waals surface area contributed by atoms with Crippen molar-refractivity contribution < 1.29 is 14.3 Å². The summed E-state index contributed by atoms with van der Waals surface area (Å²) in [6.45, 7) is 2.58. The number of unbranched alkanes of at least 4 members (excludes halogenated alkanes) is 1. The summed E-state index contributed by atoms with van der Waals surface area (Å²) in [5.41, 5.74) is 0.625. The molecule has 0 aliphatic rings. The zero-order valence-corrected chi connectivity index (χ0v) is 11.5. The summed E-state index contributed by atoms with van der Waals surface area (Å²) in [5.74, 6) is 4.77. The predicted molar refractivity (Wildman–Crippen MR) is 76.9 cm³/mol. The molecule has 0 aliphatic heterocycles. The molecule has 0 aromatic heterocycles. The minimum Gasteiger partial charge on any atom is -0.395 e. The number of rotatable bonds is 5. The lowest BCUT2D eigenvalue weighted by atomic mass is 10.2. The highest BCUT2D eigenvalue weighted by Crippen LogP contribution is 2.13. The van der Waals surface area contributed by atoms with Crippen molar-refractivity contribution in [2.45, 2.75) is 26.2 Å². The molecule has 0 aliphatic carbocycles. The van der Waals surface area contributed by atoms with Crippen LogP contribution in [0.1, 0.15) is 31.7 Å². The van der Waals surface area contributed by atoms with Crippen LogP contribution in [0.25, 0.3) is 0 Å². The maximum Gasteiger partial charge on any atom is 0.319 e. The van der Waals surface area contributed by atoms with Crippen LogP contribution in [0.2, 0.25) is 0 Å². The maximum absolute atomic E-state index is 13.7. The third-order valence-corrected chi connectivity index (χ3v) is 2.50. The van der Waals surface area contributed by atoms with E-state index in [1.54, 1.807) is 6.07 Å². The normalized spacial score (nSPS) is 9.55. The number of aliphatic hydroxyl groups excluding tert-OH is 1. The topological polar surface area (TPSA) is 61.4 Å². The second-order valence-corrected chi connectivity index (χ2v) is 4.20. The Balaban J connectivity index is 2.59.